The van der Waals surface area contributed by atoms with Crippen molar-refractivity contribution in [2.24, 2.45) is 0 Å². The Labute approximate surface area is 221 Å². The Morgan fingerprint density at radius 3 is 1.73 bits per heavy atom. The van der Waals surface area contributed by atoms with Crippen molar-refractivity contribution in [1.29, 1.82) is 0 Å². The van der Waals surface area contributed by atoms with E-state index in [-0.39, 0.29) is 17.9 Å². The minimum Gasteiger partial charge on any atom is -0.458 e. The Morgan fingerprint density at radius 2 is 1.30 bits per heavy atom. The van der Waals surface area contributed by atoms with Crippen molar-refractivity contribution in [3.05, 3.63) is 83.3 Å². The number of sulfone groups is 1. The predicted molar refractivity (Wildman–Crippen MR) is 148 cm³/mol. The van der Waals surface area contributed by atoms with Gasteiger partial charge in [0.2, 0.25) is 5.91 Å². The third-order valence-corrected chi connectivity index (χ3v) is 8.14. The number of carbonyl (C=O) groups excluding carboxylic acids is 2. The molecule has 0 fully saturated rings. The quantitative estimate of drug-likeness (QED) is 0.428. The highest BCUT2D eigenvalue weighted by atomic mass is 32.2. The molecule has 0 unspecified atom stereocenters. The monoisotopic (exact) mass is 528 g/mol. The lowest BCUT2D eigenvalue weighted by atomic mass is 10.0. The van der Waals surface area contributed by atoms with E-state index in [4.69, 9.17) is 4.74 Å². The Balaban J connectivity index is 2.28. The van der Waals surface area contributed by atoms with Gasteiger partial charge in [0.25, 0.3) is 0 Å². The maximum atomic E-state index is 13.5. The van der Waals surface area contributed by atoms with Crippen LogP contribution in [0.3, 0.4) is 0 Å². The number of hydrogen-bond donors (Lipinski definition) is 2. The van der Waals surface area contributed by atoms with Crippen LogP contribution in [0.2, 0.25) is 0 Å². The maximum Gasteiger partial charge on any atom is 0.329 e. The molecule has 1 amide bonds. The topological polar surface area (TPSA) is 102 Å². The van der Waals surface area contributed by atoms with Gasteiger partial charge < -0.3 is 15.4 Å². The largest absolute Gasteiger partial charge is 0.458 e. The molecule has 0 bridgehead atoms. The summed E-state index contributed by atoms with van der Waals surface area (Å²) in [5.74, 6) is -0.973. The zero-order chi connectivity index (χ0) is 27.9. The molecule has 202 valence electrons. The van der Waals surface area contributed by atoms with E-state index in [0.717, 1.165) is 11.1 Å². The van der Waals surface area contributed by atoms with Crippen LogP contribution in [0.25, 0.3) is 0 Å². The molecule has 0 heterocycles. The molecule has 0 radical (unpaired) electrons. The van der Waals surface area contributed by atoms with Crippen molar-refractivity contribution in [2.75, 3.05) is 6.54 Å². The number of hydrogen-bond acceptors (Lipinski definition) is 6. The van der Waals surface area contributed by atoms with Gasteiger partial charge >= 0.3 is 5.97 Å². The van der Waals surface area contributed by atoms with Gasteiger partial charge in [-0.1, -0.05) is 67.2 Å². The lowest BCUT2D eigenvalue weighted by Crippen LogP contribution is -2.53. The molecular formula is C29H40N2O5S. The molecule has 0 aliphatic heterocycles. The summed E-state index contributed by atoms with van der Waals surface area (Å²) < 4.78 is 30.2. The molecule has 8 heteroatoms. The second kappa shape index (κ2) is 12.5. The van der Waals surface area contributed by atoms with Crippen molar-refractivity contribution < 1.29 is 22.7 Å². The first-order chi connectivity index (χ1) is 17.1. The highest BCUT2D eigenvalue weighted by Crippen LogP contribution is 2.22. The number of ether oxygens (including phenoxy) is 1. The van der Waals surface area contributed by atoms with Crippen LogP contribution in [0.4, 0.5) is 0 Å². The predicted octanol–water partition coefficient (Wildman–Crippen LogP) is 3.98. The maximum absolute atomic E-state index is 13.5. The summed E-state index contributed by atoms with van der Waals surface area (Å²) in [5.41, 5.74) is 1.03. The summed E-state index contributed by atoms with van der Waals surface area (Å²) in [6.07, 6.45) is 0.548. The summed E-state index contributed by atoms with van der Waals surface area (Å²) >= 11 is 0. The third-order valence-electron chi connectivity index (χ3n) is 5.62. The molecular weight excluding hydrogens is 488 g/mol. The molecule has 0 saturated heterocycles. The van der Waals surface area contributed by atoms with Crippen LogP contribution < -0.4 is 10.6 Å². The summed E-state index contributed by atoms with van der Waals surface area (Å²) in [7, 11) is -3.63. The second-order valence-corrected chi connectivity index (χ2v) is 13.9. The molecule has 0 aliphatic carbocycles. The minimum absolute atomic E-state index is 0.00107. The summed E-state index contributed by atoms with van der Waals surface area (Å²) in [5, 5.41) is 5.91. The Morgan fingerprint density at radius 1 is 0.838 bits per heavy atom. The Kier molecular flexibility index (Phi) is 10.2. The summed E-state index contributed by atoms with van der Waals surface area (Å²) in [4.78, 5) is 26.6. The van der Waals surface area contributed by atoms with E-state index in [1.165, 1.54) is 0 Å². The van der Waals surface area contributed by atoms with Gasteiger partial charge in [0, 0.05) is 13.0 Å². The Bertz CT molecular complexity index is 1160. The Hall–Kier alpha value is -2.97. The average molecular weight is 529 g/mol. The molecule has 2 N–H and O–H groups in total. The average Bonchev–Trinajstić information content (AvgIpc) is 2.80. The summed E-state index contributed by atoms with van der Waals surface area (Å²) in [6, 6.07) is 17.0. The molecule has 7 nitrogen and oxygen atoms in total. The van der Waals surface area contributed by atoms with E-state index in [1.807, 2.05) is 60.7 Å². The SMILES string of the molecule is C=C(CN[C@@H](Cc1ccccc1)C(=O)N[C@@H](Cc1ccccc1)C(=O)OC(C)(C)C)S(=O)(=O)C(C)(C)C. The van der Waals surface area contributed by atoms with E-state index >= 15 is 0 Å². The number of amides is 1. The second-order valence-electron chi connectivity index (χ2n) is 11.1. The van der Waals surface area contributed by atoms with Gasteiger partial charge in [0.15, 0.2) is 9.84 Å². The molecule has 2 rings (SSSR count). The fourth-order valence-corrected chi connectivity index (χ4v) is 4.70. The lowest BCUT2D eigenvalue weighted by molar-refractivity contribution is -0.158. The molecule has 0 spiro atoms. The van der Waals surface area contributed by atoms with Crippen molar-refractivity contribution in [3.63, 3.8) is 0 Å². The molecule has 2 atom stereocenters. The zero-order valence-electron chi connectivity index (χ0n) is 22.7. The van der Waals surface area contributed by atoms with Gasteiger partial charge in [-0.3, -0.25) is 4.79 Å². The van der Waals surface area contributed by atoms with E-state index in [0.29, 0.717) is 6.42 Å². The van der Waals surface area contributed by atoms with Gasteiger partial charge in [0.1, 0.15) is 11.6 Å². The van der Waals surface area contributed by atoms with E-state index < -0.39 is 44.1 Å². The van der Waals surface area contributed by atoms with Gasteiger partial charge in [-0.2, -0.15) is 0 Å². The zero-order valence-corrected chi connectivity index (χ0v) is 23.5. The standard InChI is InChI=1S/C29H40N2O5S/c1-21(37(34,35)29(5,6)7)20-30-24(18-22-14-10-8-11-15-22)26(32)31-25(27(33)36-28(2,3)4)19-23-16-12-9-13-17-23/h8-17,24-25,30H,1,18-20H2,2-7H3,(H,31,32)/t24-,25-/m0/s1. The van der Waals surface area contributed by atoms with Crippen LogP contribution in [-0.2, 0) is 37.0 Å². The van der Waals surface area contributed by atoms with Gasteiger partial charge in [-0.15, -0.1) is 0 Å². The van der Waals surface area contributed by atoms with E-state index in [1.54, 1.807) is 41.5 Å². The first kappa shape index (κ1) is 30.3. The van der Waals surface area contributed by atoms with E-state index in [9.17, 15) is 18.0 Å². The highest BCUT2D eigenvalue weighted by Gasteiger charge is 2.33. The van der Waals surface area contributed by atoms with Crippen LogP contribution in [0, 0.1) is 0 Å². The number of nitrogens with one attached hydrogen (secondary N) is 2. The summed E-state index contributed by atoms with van der Waals surface area (Å²) in [6.45, 7) is 13.8. The fraction of sp³-hybridized carbons (Fsp3) is 0.448. The smallest absolute Gasteiger partial charge is 0.329 e. The third kappa shape index (κ3) is 9.44. The first-order valence-corrected chi connectivity index (χ1v) is 13.9. The van der Waals surface area contributed by atoms with Crippen molar-refractivity contribution in [3.8, 4) is 0 Å². The number of benzene rings is 2. The first-order valence-electron chi connectivity index (χ1n) is 12.4. The normalized spacial score (nSPS) is 13.9. The fourth-order valence-electron chi connectivity index (χ4n) is 3.56. The van der Waals surface area contributed by atoms with Crippen LogP contribution in [-0.4, -0.2) is 49.3 Å². The van der Waals surface area contributed by atoms with Crippen LogP contribution >= 0.6 is 0 Å². The van der Waals surface area contributed by atoms with Crippen molar-refractivity contribution in [2.45, 2.75) is 76.8 Å². The number of esters is 1. The highest BCUT2D eigenvalue weighted by molar-refractivity contribution is 7.96. The number of rotatable bonds is 11. The van der Waals surface area contributed by atoms with Gasteiger partial charge in [0.05, 0.1) is 15.7 Å². The molecule has 0 aliphatic rings. The molecule has 37 heavy (non-hydrogen) atoms. The van der Waals surface area contributed by atoms with E-state index in [2.05, 4.69) is 17.2 Å². The van der Waals surface area contributed by atoms with Crippen molar-refractivity contribution >= 4 is 21.7 Å². The molecule has 2 aromatic carbocycles. The van der Waals surface area contributed by atoms with Crippen molar-refractivity contribution in [1.82, 2.24) is 10.6 Å². The molecule has 0 saturated carbocycles. The van der Waals surface area contributed by atoms with Crippen LogP contribution in [0.1, 0.15) is 52.7 Å². The molecule has 0 aromatic heterocycles. The van der Waals surface area contributed by atoms with Crippen LogP contribution in [0.15, 0.2) is 72.1 Å². The lowest BCUT2D eigenvalue weighted by Gasteiger charge is -2.27. The van der Waals surface area contributed by atoms with Crippen LogP contribution in [0.5, 0.6) is 0 Å². The number of carbonyl (C=O) groups is 2. The van der Waals surface area contributed by atoms with Gasteiger partial charge in [-0.25, -0.2) is 13.2 Å². The molecule has 2 aromatic rings. The minimum atomic E-state index is -3.63. The van der Waals surface area contributed by atoms with Gasteiger partial charge in [-0.05, 0) is 59.1 Å².